The number of fused-ring (bicyclic) bond motifs is 2. The van der Waals surface area contributed by atoms with Crippen LogP contribution < -0.4 is 5.32 Å². The van der Waals surface area contributed by atoms with Crippen LogP contribution >= 0.6 is 0 Å². The maximum atomic E-state index is 12.0. The number of hydrogen-bond donors (Lipinski definition) is 1. The number of carbonyl (C=O) groups is 1. The van der Waals surface area contributed by atoms with E-state index in [1.54, 1.807) is 0 Å². The Morgan fingerprint density at radius 2 is 2.25 bits per heavy atom. The van der Waals surface area contributed by atoms with Crippen LogP contribution in [0.4, 0.5) is 5.69 Å². The summed E-state index contributed by atoms with van der Waals surface area (Å²) in [5.74, 6) is -1.44. The van der Waals surface area contributed by atoms with E-state index in [9.17, 15) is 4.79 Å². The molecular weight excluding hydrogens is 206 g/mol. The molecule has 0 radical (unpaired) electrons. The van der Waals surface area contributed by atoms with Gasteiger partial charge < -0.3 is 14.8 Å². The Labute approximate surface area is 93.5 Å². The van der Waals surface area contributed by atoms with Crippen molar-refractivity contribution in [1.29, 1.82) is 0 Å². The van der Waals surface area contributed by atoms with E-state index in [0.29, 0.717) is 6.61 Å². The third-order valence-electron chi connectivity index (χ3n) is 3.03. The quantitative estimate of drug-likeness (QED) is 0.721. The van der Waals surface area contributed by atoms with Crippen LogP contribution in [0.3, 0.4) is 0 Å². The minimum absolute atomic E-state index is 0.0330. The molecule has 0 aliphatic carbocycles. The monoisotopic (exact) mass is 219 g/mol. The van der Waals surface area contributed by atoms with Crippen molar-refractivity contribution in [2.75, 3.05) is 11.9 Å². The smallest absolute Gasteiger partial charge is 0.289 e. The average Bonchev–Trinajstić information content (AvgIpc) is 2.53. The molecule has 1 amide bonds. The van der Waals surface area contributed by atoms with E-state index in [4.69, 9.17) is 9.47 Å². The van der Waals surface area contributed by atoms with E-state index in [1.165, 1.54) is 0 Å². The highest BCUT2D eigenvalue weighted by atomic mass is 16.7. The Morgan fingerprint density at radius 1 is 1.44 bits per heavy atom. The second-order valence-corrected chi connectivity index (χ2v) is 4.18. The summed E-state index contributed by atoms with van der Waals surface area (Å²) in [5.41, 5.74) is 1.56. The second-order valence-electron chi connectivity index (χ2n) is 4.18. The maximum Gasteiger partial charge on any atom is 0.289 e. The number of amides is 1. The molecule has 0 aromatic heterocycles. The van der Waals surface area contributed by atoms with Crippen LogP contribution in [0.25, 0.3) is 0 Å². The fourth-order valence-corrected chi connectivity index (χ4v) is 2.21. The van der Waals surface area contributed by atoms with E-state index in [0.717, 1.165) is 17.7 Å². The minimum atomic E-state index is -1.21. The maximum absolute atomic E-state index is 12.0. The molecule has 2 atom stereocenters. The van der Waals surface area contributed by atoms with Gasteiger partial charge in [-0.3, -0.25) is 4.79 Å². The molecule has 2 aliphatic rings. The van der Waals surface area contributed by atoms with Crippen LogP contribution in [-0.4, -0.2) is 18.6 Å². The summed E-state index contributed by atoms with van der Waals surface area (Å²) in [7, 11) is 0. The molecule has 4 heteroatoms. The molecule has 0 saturated carbocycles. The average molecular weight is 219 g/mol. The minimum Gasteiger partial charge on any atom is -0.338 e. The fourth-order valence-electron chi connectivity index (χ4n) is 2.21. The highest BCUT2D eigenvalue weighted by molar-refractivity contribution is 6.04. The zero-order valence-corrected chi connectivity index (χ0v) is 9.03. The Balaban J connectivity index is 2.09. The molecule has 2 aliphatic heterocycles. The molecule has 1 aromatic rings. The number of ether oxygens (including phenoxy) is 2. The van der Waals surface area contributed by atoms with Crippen LogP contribution in [0.2, 0.25) is 0 Å². The van der Waals surface area contributed by atoms with Crippen molar-refractivity contribution in [3.05, 3.63) is 29.8 Å². The van der Waals surface area contributed by atoms with Crippen LogP contribution in [0, 0.1) is 0 Å². The van der Waals surface area contributed by atoms with Gasteiger partial charge in [-0.15, -0.1) is 0 Å². The van der Waals surface area contributed by atoms with Crippen LogP contribution in [-0.2, 0) is 20.1 Å². The molecule has 1 fully saturated rings. The molecule has 4 nitrogen and oxygen atoms in total. The largest absolute Gasteiger partial charge is 0.338 e. The summed E-state index contributed by atoms with van der Waals surface area (Å²) in [4.78, 5) is 12.0. The Morgan fingerprint density at radius 3 is 3.06 bits per heavy atom. The standard InChI is InChI=1S/C12H13NO3/c1-8-6-7-15-12(16-8)9-4-2-3-5-10(9)13-11(12)14/h2-5,8H,6-7H2,1H3,(H,13,14)/t8-,12+/m0/s1. The molecule has 1 aromatic carbocycles. The van der Waals surface area contributed by atoms with Crippen molar-refractivity contribution >= 4 is 11.6 Å². The first kappa shape index (κ1) is 9.81. The summed E-state index contributed by atoms with van der Waals surface area (Å²) >= 11 is 0. The highest BCUT2D eigenvalue weighted by Gasteiger charge is 2.52. The molecule has 0 bridgehead atoms. The van der Waals surface area contributed by atoms with Gasteiger partial charge in [-0.05, 0) is 19.4 Å². The predicted octanol–water partition coefficient (Wildman–Crippen LogP) is 1.62. The van der Waals surface area contributed by atoms with E-state index in [1.807, 2.05) is 31.2 Å². The van der Waals surface area contributed by atoms with Crippen molar-refractivity contribution in [3.63, 3.8) is 0 Å². The highest BCUT2D eigenvalue weighted by Crippen LogP contribution is 2.42. The third kappa shape index (κ3) is 1.20. The molecular formula is C12H13NO3. The lowest BCUT2D eigenvalue weighted by Crippen LogP contribution is -2.46. The van der Waals surface area contributed by atoms with Crippen molar-refractivity contribution in [2.45, 2.75) is 25.2 Å². The van der Waals surface area contributed by atoms with Gasteiger partial charge in [0.1, 0.15) is 0 Å². The Bertz CT molecular complexity index is 446. The molecule has 16 heavy (non-hydrogen) atoms. The van der Waals surface area contributed by atoms with E-state index >= 15 is 0 Å². The van der Waals surface area contributed by atoms with Crippen LogP contribution in [0.15, 0.2) is 24.3 Å². The normalized spacial score (nSPS) is 32.6. The van der Waals surface area contributed by atoms with Gasteiger partial charge in [0.25, 0.3) is 11.7 Å². The van der Waals surface area contributed by atoms with E-state index < -0.39 is 5.79 Å². The third-order valence-corrected chi connectivity index (χ3v) is 3.03. The van der Waals surface area contributed by atoms with Crippen molar-refractivity contribution < 1.29 is 14.3 Å². The van der Waals surface area contributed by atoms with Gasteiger partial charge in [-0.25, -0.2) is 0 Å². The summed E-state index contributed by atoms with van der Waals surface area (Å²) in [6, 6.07) is 7.48. The molecule has 1 N–H and O–H groups in total. The number of carbonyl (C=O) groups excluding carboxylic acids is 1. The number of benzene rings is 1. The first-order chi connectivity index (χ1) is 7.72. The summed E-state index contributed by atoms with van der Waals surface area (Å²) < 4.78 is 11.3. The lowest BCUT2D eigenvalue weighted by molar-refractivity contribution is -0.276. The van der Waals surface area contributed by atoms with Gasteiger partial charge in [-0.1, -0.05) is 18.2 Å². The van der Waals surface area contributed by atoms with Crippen LogP contribution in [0.5, 0.6) is 0 Å². The van der Waals surface area contributed by atoms with Gasteiger partial charge in [0.2, 0.25) is 0 Å². The molecule has 1 saturated heterocycles. The molecule has 84 valence electrons. The Kier molecular flexibility index (Phi) is 2.02. The molecule has 3 rings (SSSR count). The van der Waals surface area contributed by atoms with Crippen molar-refractivity contribution in [3.8, 4) is 0 Å². The SMILES string of the molecule is C[C@H]1CCO[C@]2(O1)C(=O)Nc1ccccc12. The summed E-state index contributed by atoms with van der Waals surface area (Å²) in [6.45, 7) is 2.50. The molecule has 1 spiro atoms. The number of rotatable bonds is 0. The first-order valence-electron chi connectivity index (χ1n) is 5.45. The van der Waals surface area contributed by atoms with Gasteiger partial charge in [-0.2, -0.15) is 0 Å². The molecule has 0 unspecified atom stereocenters. The van der Waals surface area contributed by atoms with E-state index in [-0.39, 0.29) is 12.0 Å². The van der Waals surface area contributed by atoms with Crippen molar-refractivity contribution in [1.82, 2.24) is 0 Å². The lowest BCUT2D eigenvalue weighted by Gasteiger charge is -2.35. The zero-order chi connectivity index (χ0) is 11.2. The Hall–Kier alpha value is -1.39. The van der Waals surface area contributed by atoms with E-state index in [2.05, 4.69) is 5.32 Å². The first-order valence-corrected chi connectivity index (χ1v) is 5.45. The van der Waals surface area contributed by atoms with Gasteiger partial charge >= 0.3 is 0 Å². The molecule has 2 heterocycles. The number of hydrogen-bond acceptors (Lipinski definition) is 3. The van der Waals surface area contributed by atoms with Crippen LogP contribution in [0.1, 0.15) is 18.9 Å². The predicted molar refractivity (Wildman–Crippen MR) is 57.9 cm³/mol. The lowest BCUT2D eigenvalue weighted by atomic mass is 10.1. The van der Waals surface area contributed by atoms with Gasteiger partial charge in [0.05, 0.1) is 18.4 Å². The van der Waals surface area contributed by atoms with Gasteiger partial charge in [0, 0.05) is 5.56 Å². The number of anilines is 1. The summed E-state index contributed by atoms with van der Waals surface area (Å²) in [6.07, 6.45) is 0.850. The number of para-hydroxylation sites is 1. The van der Waals surface area contributed by atoms with Crippen molar-refractivity contribution in [2.24, 2.45) is 0 Å². The topological polar surface area (TPSA) is 47.6 Å². The van der Waals surface area contributed by atoms with Gasteiger partial charge in [0.15, 0.2) is 0 Å². The second kappa shape index (κ2) is 3.30. The summed E-state index contributed by atoms with van der Waals surface area (Å²) in [5, 5.41) is 2.79. The zero-order valence-electron chi connectivity index (χ0n) is 9.03. The number of nitrogens with one attached hydrogen (secondary N) is 1. The fraction of sp³-hybridized carbons (Fsp3) is 0.417.